The number of benzene rings is 1. The average molecular weight is 369 g/mol. The van der Waals surface area contributed by atoms with Gasteiger partial charge in [0.15, 0.2) is 0 Å². The van der Waals surface area contributed by atoms with Gasteiger partial charge in [0.2, 0.25) is 0 Å². The van der Waals surface area contributed by atoms with Crippen molar-refractivity contribution >= 4 is 59.9 Å². The molecule has 0 spiro atoms. The molecule has 0 bridgehead atoms. The molecule has 0 unspecified atom stereocenters. The maximum absolute atomic E-state index is 9.16. The van der Waals surface area contributed by atoms with Crippen molar-refractivity contribution < 1.29 is 5.11 Å². The third-order valence-corrected chi connectivity index (χ3v) is 4.63. The summed E-state index contributed by atoms with van der Waals surface area (Å²) in [6, 6.07) is 4.18. The Morgan fingerprint density at radius 2 is 2.31 bits per heavy atom. The number of halogens is 2. The van der Waals surface area contributed by atoms with Crippen LogP contribution in [0.1, 0.15) is 5.56 Å². The van der Waals surface area contributed by atoms with Gasteiger partial charge in [0, 0.05) is 23.7 Å². The first-order valence-electron chi connectivity index (χ1n) is 3.69. The summed E-state index contributed by atoms with van der Waals surface area (Å²) >= 11 is 7.48. The van der Waals surface area contributed by atoms with Gasteiger partial charge in [-0.2, -0.15) is 0 Å². The summed E-state index contributed by atoms with van der Waals surface area (Å²) in [5.74, 6) is 0. The summed E-state index contributed by atoms with van der Waals surface area (Å²) < 4.78 is 3.40. The van der Waals surface area contributed by atoms with Crippen molar-refractivity contribution in [2.45, 2.75) is 6.61 Å². The van der Waals surface area contributed by atoms with E-state index in [-0.39, 0.29) is 6.61 Å². The molecule has 0 aliphatic heterocycles. The lowest BCUT2D eigenvalue weighted by Gasteiger charge is -2.05. The van der Waals surface area contributed by atoms with E-state index in [1.807, 2.05) is 0 Å². The van der Waals surface area contributed by atoms with Crippen LogP contribution in [0.2, 0.25) is 0 Å². The van der Waals surface area contributed by atoms with E-state index in [1.165, 1.54) is 10.1 Å². The molecule has 0 radical (unpaired) electrons. The number of thiophene rings is 1. The third-order valence-electron chi connectivity index (χ3n) is 1.90. The summed E-state index contributed by atoms with van der Waals surface area (Å²) in [4.78, 5) is 0. The lowest BCUT2D eigenvalue weighted by atomic mass is 10.2. The van der Waals surface area contributed by atoms with Crippen LogP contribution in [0.25, 0.3) is 10.1 Å². The predicted octanol–water partition coefficient (Wildman–Crippen LogP) is 3.76. The van der Waals surface area contributed by atoms with Gasteiger partial charge in [0.25, 0.3) is 0 Å². The first-order chi connectivity index (χ1) is 6.24. The third kappa shape index (κ3) is 1.65. The van der Waals surface area contributed by atoms with Gasteiger partial charge in [-0.15, -0.1) is 11.3 Å². The minimum atomic E-state index is 0.0879. The molecular weight excluding hydrogens is 363 g/mol. The van der Waals surface area contributed by atoms with Crippen LogP contribution >= 0.6 is 49.9 Å². The number of hydrogen-bond acceptors (Lipinski definition) is 2. The van der Waals surface area contributed by atoms with Crippen molar-refractivity contribution in [1.82, 2.24) is 0 Å². The van der Waals surface area contributed by atoms with Gasteiger partial charge in [-0.3, -0.25) is 0 Å². The Labute approximate surface area is 102 Å². The average Bonchev–Trinajstić information content (AvgIpc) is 2.53. The van der Waals surface area contributed by atoms with Crippen LogP contribution in [0.3, 0.4) is 0 Å². The van der Waals surface area contributed by atoms with Crippen LogP contribution in [0.15, 0.2) is 22.0 Å². The van der Waals surface area contributed by atoms with Crippen molar-refractivity contribution in [2.75, 3.05) is 0 Å². The minimum absolute atomic E-state index is 0.0879. The maximum atomic E-state index is 9.16. The van der Waals surface area contributed by atoms with Crippen LogP contribution in [0.5, 0.6) is 0 Å². The highest BCUT2D eigenvalue weighted by Gasteiger charge is 2.09. The van der Waals surface area contributed by atoms with E-state index in [9.17, 15) is 0 Å². The van der Waals surface area contributed by atoms with Crippen LogP contribution in [0, 0.1) is 3.57 Å². The summed E-state index contributed by atoms with van der Waals surface area (Å²) in [5.41, 5.74) is 0.978. The first kappa shape index (κ1) is 9.89. The zero-order valence-corrected chi connectivity index (χ0v) is 11.1. The normalized spacial score (nSPS) is 11.0. The molecule has 1 nitrogen and oxygen atoms in total. The summed E-state index contributed by atoms with van der Waals surface area (Å²) in [7, 11) is 0. The lowest BCUT2D eigenvalue weighted by Crippen LogP contribution is -1.89. The van der Waals surface area contributed by atoms with E-state index in [4.69, 9.17) is 5.11 Å². The smallest absolute Gasteiger partial charge is 0.0703 e. The molecular formula is C9H6BrIOS. The molecule has 1 heterocycles. The Bertz CT molecular complexity index is 452. The summed E-state index contributed by atoms with van der Waals surface area (Å²) in [6.07, 6.45) is 0. The van der Waals surface area contributed by atoms with Gasteiger partial charge in [0.1, 0.15) is 0 Å². The summed E-state index contributed by atoms with van der Waals surface area (Å²) in [6.45, 7) is 0.0879. The summed E-state index contributed by atoms with van der Waals surface area (Å²) in [5, 5.41) is 12.4. The molecule has 0 saturated heterocycles. The topological polar surface area (TPSA) is 20.2 Å². The van der Waals surface area contributed by atoms with Gasteiger partial charge < -0.3 is 5.11 Å². The number of aliphatic hydroxyl groups excluding tert-OH is 1. The van der Waals surface area contributed by atoms with Gasteiger partial charge in [0.05, 0.1) is 6.61 Å². The Hall–Kier alpha value is 0.350. The monoisotopic (exact) mass is 368 g/mol. The quantitative estimate of drug-likeness (QED) is 0.760. The Kier molecular flexibility index (Phi) is 2.92. The van der Waals surface area contributed by atoms with E-state index in [1.54, 1.807) is 11.3 Å². The molecule has 0 amide bonds. The molecule has 0 aliphatic carbocycles. The highest BCUT2D eigenvalue weighted by molar-refractivity contribution is 14.1. The van der Waals surface area contributed by atoms with Crippen molar-refractivity contribution in [3.05, 3.63) is 31.1 Å². The molecule has 1 aromatic heterocycles. The standard InChI is InChI=1S/C9H6BrIOS/c10-9-5-1-2-13-8(5)3-7(11)6(9)4-12/h1-3,12H,4H2. The molecule has 1 aromatic carbocycles. The van der Waals surface area contributed by atoms with E-state index in [2.05, 4.69) is 56.0 Å². The number of rotatable bonds is 1. The molecule has 0 aliphatic rings. The molecule has 13 heavy (non-hydrogen) atoms. The SMILES string of the molecule is OCc1c(I)cc2sccc2c1Br. The second-order valence-electron chi connectivity index (χ2n) is 2.64. The van der Waals surface area contributed by atoms with Crippen LogP contribution in [0.4, 0.5) is 0 Å². The van der Waals surface area contributed by atoms with Gasteiger partial charge in [-0.1, -0.05) is 0 Å². The van der Waals surface area contributed by atoms with Crippen LogP contribution in [-0.2, 0) is 6.61 Å². The van der Waals surface area contributed by atoms with Crippen molar-refractivity contribution in [2.24, 2.45) is 0 Å². The Balaban J connectivity index is 2.85. The minimum Gasteiger partial charge on any atom is -0.392 e. The van der Waals surface area contributed by atoms with Crippen molar-refractivity contribution in [1.29, 1.82) is 0 Å². The molecule has 0 atom stereocenters. The Morgan fingerprint density at radius 1 is 1.54 bits per heavy atom. The van der Waals surface area contributed by atoms with Crippen molar-refractivity contribution in [3.63, 3.8) is 0 Å². The molecule has 2 rings (SSSR count). The van der Waals surface area contributed by atoms with Crippen molar-refractivity contribution in [3.8, 4) is 0 Å². The van der Waals surface area contributed by atoms with E-state index < -0.39 is 0 Å². The second kappa shape index (κ2) is 3.84. The van der Waals surface area contributed by atoms with E-state index in [0.29, 0.717) is 0 Å². The number of aliphatic hydroxyl groups is 1. The molecule has 4 heteroatoms. The largest absolute Gasteiger partial charge is 0.392 e. The molecule has 0 saturated carbocycles. The van der Waals surface area contributed by atoms with E-state index in [0.717, 1.165) is 13.6 Å². The van der Waals surface area contributed by atoms with Gasteiger partial charge in [-0.25, -0.2) is 0 Å². The molecule has 0 fully saturated rings. The zero-order valence-electron chi connectivity index (χ0n) is 6.55. The second-order valence-corrected chi connectivity index (χ2v) is 5.54. The van der Waals surface area contributed by atoms with Gasteiger partial charge >= 0.3 is 0 Å². The fourth-order valence-electron chi connectivity index (χ4n) is 1.23. The van der Waals surface area contributed by atoms with E-state index >= 15 is 0 Å². The highest BCUT2D eigenvalue weighted by Crippen LogP contribution is 2.34. The Morgan fingerprint density at radius 3 is 3.00 bits per heavy atom. The lowest BCUT2D eigenvalue weighted by molar-refractivity contribution is 0.280. The molecule has 1 N–H and O–H groups in total. The van der Waals surface area contributed by atoms with Gasteiger partial charge in [-0.05, 0) is 56.0 Å². The number of hydrogen-bond donors (Lipinski definition) is 1. The molecule has 2 aromatic rings. The first-order valence-corrected chi connectivity index (χ1v) is 6.44. The van der Waals surface area contributed by atoms with Crippen LogP contribution in [-0.4, -0.2) is 5.11 Å². The highest BCUT2D eigenvalue weighted by atomic mass is 127. The zero-order chi connectivity index (χ0) is 9.42. The maximum Gasteiger partial charge on any atom is 0.0703 e. The predicted molar refractivity (Wildman–Crippen MR) is 68.2 cm³/mol. The molecule has 68 valence electrons. The number of fused-ring (bicyclic) bond motifs is 1. The van der Waals surface area contributed by atoms with Crippen LogP contribution < -0.4 is 0 Å². The fraction of sp³-hybridized carbons (Fsp3) is 0.111. The fourth-order valence-corrected chi connectivity index (χ4v) is 4.21.